The third-order valence-corrected chi connectivity index (χ3v) is 3.88. The van der Waals surface area contributed by atoms with E-state index < -0.39 is 0 Å². The van der Waals surface area contributed by atoms with E-state index in [1.165, 1.54) is 0 Å². The van der Waals surface area contributed by atoms with Gasteiger partial charge in [-0.3, -0.25) is 0 Å². The Bertz CT molecular complexity index is 705. The third-order valence-electron chi connectivity index (χ3n) is 3.39. The SMILES string of the molecule is COc1cc(Nc2cc(Cl)nc(C3CC3)n2)c(OC)cc1Cl. The lowest BCUT2D eigenvalue weighted by Gasteiger charge is -2.14. The normalized spacial score (nSPS) is 13.8. The molecule has 0 unspecified atom stereocenters. The molecule has 0 aliphatic heterocycles. The molecule has 1 aliphatic carbocycles. The van der Waals surface area contributed by atoms with Gasteiger partial charge in [0, 0.05) is 24.1 Å². The van der Waals surface area contributed by atoms with Crippen LogP contribution in [-0.4, -0.2) is 24.2 Å². The highest BCUT2D eigenvalue weighted by atomic mass is 35.5. The molecule has 7 heteroatoms. The molecule has 5 nitrogen and oxygen atoms in total. The number of nitrogens with zero attached hydrogens (tertiary/aromatic N) is 2. The van der Waals surface area contributed by atoms with Crippen molar-refractivity contribution in [1.29, 1.82) is 0 Å². The lowest BCUT2D eigenvalue weighted by molar-refractivity contribution is 0.405. The predicted octanol–water partition coefficient (Wildman–Crippen LogP) is 4.42. The van der Waals surface area contributed by atoms with Crippen molar-refractivity contribution in [2.45, 2.75) is 18.8 Å². The minimum absolute atomic E-state index is 0.416. The van der Waals surface area contributed by atoms with E-state index in [1.54, 1.807) is 32.4 Å². The Morgan fingerprint density at radius 3 is 2.41 bits per heavy atom. The summed E-state index contributed by atoms with van der Waals surface area (Å²) in [6, 6.07) is 5.12. The van der Waals surface area contributed by atoms with Gasteiger partial charge >= 0.3 is 0 Å². The first-order valence-corrected chi connectivity index (χ1v) is 7.59. The van der Waals surface area contributed by atoms with E-state index in [2.05, 4.69) is 15.3 Å². The van der Waals surface area contributed by atoms with Gasteiger partial charge in [-0.05, 0) is 12.8 Å². The zero-order valence-electron chi connectivity index (χ0n) is 12.2. The molecule has 2 aromatic rings. The van der Waals surface area contributed by atoms with Crippen molar-refractivity contribution in [3.05, 3.63) is 34.2 Å². The van der Waals surface area contributed by atoms with Crippen LogP contribution in [0.25, 0.3) is 0 Å². The number of hydrogen-bond donors (Lipinski definition) is 1. The van der Waals surface area contributed by atoms with E-state index in [-0.39, 0.29) is 0 Å². The number of methoxy groups -OCH3 is 2. The van der Waals surface area contributed by atoms with Gasteiger partial charge in [-0.2, -0.15) is 0 Å². The molecular formula is C15H15Cl2N3O2. The molecule has 1 N–H and O–H groups in total. The standard InChI is InChI=1S/C15H15Cl2N3O2/c1-21-11-6-10(12(22-2)5-9(11)16)18-14-7-13(17)19-15(20-14)8-3-4-8/h5-8H,3-4H2,1-2H3,(H,18,19,20). The summed E-state index contributed by atoms with van der Waals surface area (Å²) in [5.74, 6) is 2.95. The molecule has 1 fully saturated rings. The Kier molecular flexibility index (Phi) is 4.27. The smallest absolute Gasteiger partial charge is 0.144 e. The van der Waals surface area contributed by atoms with E-state index >= 15 is 0 Å². The van der Waals surface area contributed by atoms with Crippen molar-refractivity contribution in [1.82, 2.24) is 9.97 Å². The van der Waals surface area contributed by atoms with Gasteiger partial charge in [-0.25, -0.2) is 9.97 Å². The molecule has 0 saturated heterocycles. The van der Waals surface area contributed by atoms with Gasteiger partial charge in [0.1, 0.15) is 28.3 Å². The van der Waals surface area contributed by atoms with Crippen LogP contribution in [0.1, 0.15) is 24.6 Å². The highest BCUT2D eigenvalue weighted by Gasteiger charge is 2.27. The van der Waals surface area contributed by atoms with Crippen molar-refractivity contribution in [3.63, 3.8) is 0 Å². The van der Waals surface area contributed by atoms with Crippen LogP contribution >= 0.6 is 23.2 Å². The van der Waals surface area contributed by atoms with Gasteiger partial charge in [0.2, 0.25) is 0 Å². The zero-order chi connectivity index (χ0) is 15.7. The maximum absolute atomic E-state index is 6.10. The van der Waals surface area contributed by atoms with E-state index in [4.69, 9.17) is 32.7 Å². The fourth-order valence-corrected chi connectivity index (χ4v) is 2.54. The molecule has 0 radical (unpaired) electrons. The quantitative estimate of drug-likeness (QED) is 0.817. The van der Waals surface area contributed by atoms with Crippen molar-refractivity contribution in [2.75, 3.05) is 19.5 Å². The molecule has 0 atom stereocenters. The Balaban J connectivity index is 1.95. The zero-order valence-corrected chi connectivity index (χ0v) is 13.7. The van der Waals surface area contributed by atoms with E-state index in [0.29, 0.717) is 39.1 Å². The first-order chi connectivity index (χ1) is 10.6. The maximum Gasteiger partial charge on any atom is 0.144 e. The fourth-order valence-electron chi connectivity index (χ4n) is 2.12. The minimum atomic E-state index is 0.416. The van der Waals surface area contributed by atoms with Crippen molar-refractivity contribution in [3.8, 4) is 11.5 Å². The first kappa shape index (κ1) is 15.2. The summed E-state index contributed by atoms with van der Waals surface area (Å²) in [6.45, 7) is 0. The highest BCUT2D eigenvalue weighted by Crippen LogP contribution is 2.40. The van der Waals surface area contributed by atoms with Crippen molar-refractivity contribution < 1.29 is 9.47 Å². The first-order valence-electron chi connectivity index (χ1n) is 6.83. The molecule has 116 valence electrons. The summed E-state index contributed by atoms with van der Waals surface area (Å²) in [5.41, 5.74) is 0.695. The number of nitrogens with one attached hydrogen (secondary N) is 1. The molecule has 0 bridgehead atoms. The average Bonchev–Trinajstić information content (AvgIpc) is 3.32. The molecule has 1 aromatic carbocycles. The topological polar surface area (TPSA) is 56.3 Å². The molecule has 1 heterocycles. The van der Waals surface area contributed by atoms with Gasteiger partial charge < -0.3 is 14.8 Å². The van der Waals surface area contributed by atoms with Gasteiger partial charge in [0.05, 0.1) is 24.9 Å². The number of aromatic nitrogens is 2. The predicted molar refractivity (Wildman–Crippen MR) is 86.9 cm³/mol. The van der Waals surface area contributed by atoms with E-state index in [1.807, 2.05) is 0 Å². The largest absolute Gasteiger partial charge is 0.495 e. The average molecular weight is 340 g/mol. The summed E-state index contributed by atoms with van der Waals surface area (Å²) in [7, 11) is 3.14. The van der Waals surface area contributed by atoms with Crippen LogP contribution in [0.2, 0.25) is 10.2 Å². The van der Waals surface area contributed by atoms with Gasteiger partial charge in [0.15, 0.2) is 0 Å². The second-order valence-electron chi connectivity index (χ2n) is 5.02. The lowest BCUT2D eigenvalue weighted by atomic mass is 10.2. The highest BCUT2D eigenvalue weighted by molar-refractivity contribution is 6.32. The molecule has 3 rings (SSSR count). The van der Waals surface area contributed by atoms with Crippen LogP contribution in [0.3, 0.4) is 0 Å². The molecule has 1 saturated carbocycles. The maximum atomic E-state index is 6.10. The Labute approximate surface area is 138 Å². The minimum Gasteiger partial charge on any atom is -0.495 e. The Morgan fingerprint density at radius 2 is 1.77 bits per heavy atom. The Hall–Kier alpha value is -1.72. The van der Waals surface area contributed by atoms with Crippen molar-refractivity contribution >= 4 is 34.7 Å². The summed E-state index contributed by atoms with van der Waals surface area (Å²) in [5, 5.41) is 4.08. The van der Waals surface area contributed by atoms with Crippen LogP contribution in [-0.2, 0) is 0 Å². The molecule has 1 aliphatic rings. The van der Waals surface area contributed by atoms with Crippen LogP contribution in [0.5, 0.6) is 11.5 Å². The van der Waals surface area contributed by atoms with E-state index in [9.17, 15) is 0 Å². The van der Waals surface area contributed by atoms with Crippen LogP contribution in [0, 0.1) is 0 Å². The molecule has 0 spiro atoms. The summed E-state index contributed by atoms with van der Waals surface area (Å²) < 4.78 is 10.6. The van der Waals surface area contributed by atoms with Gasteiger partial charge in [-0.1, -0.05) is 23.2 Å². The number of rotatable bonds is 5. The number of ether oxygens (including phenoxy) is 2. The van der Waals surface area contributed by atoms with Crippen molar-refractivity contribution in [2.24, 2.45) is 0 Å². The summed E-state index contributed by atoms with van der Waals surface area (Å²) >= 11 is 12.2. The van der Waals surface area contributed by atoms with Crippen LogP contribution in [0.4, 0.5) is 11.5 Å². The second kappa shape index (κ2) is 6.18. The van der Waals surface area contributed by atoms with E-state index in [0.717, 1.165) is 18.7 Å². The molecule has 22 heavy (non-hydrogen) atoms. The number of halogens is 2. The number of benzene rings is 1. The molecule has 1 aromatic heterocycles. The number of anilines is 2. The lowest BCUT2D eigenvalue weighted by Crippen LogP contribution is -2.01. The monoisotopic (exact) mass is 339 g/mol. The second-order valence-corrected chi connectivity index (χ2v) is 5.81. The molecule has 0 amide bonds. The Morgan fingerprint density at radius 1 is 1.05 bits per heavy atom. The van der Waals surface area contributed by atoms with Crippen LogP contribution in [0.15, 0.2) is 18.2 Å². The number of hydrogen-bond acceptors (Lipinski definition) is 5. The van der Waals surface area contributed by atoms with Crippen LogP contribution < -0.4 is 14.8 Å². The third kappa shape index (κ3) is 3.20. The fraction of sp³-hybridized carbons (Fsp3) is 0.333. The summed E-state index contributed by atoms with van der Waals surface area (Å²) in [6.07, 6.45) is 2.22. The summed E-state index contributed by atoms with van der Waals surface area (Å²) in [4.78, 5) is 8.77. The van der Waals surface area contributed by atoms with Gasteiger partial charge in [0.25, 0.3) is 0 Å². The molecular weight excluding hydrogens is 325 g/mol. The van der Waals surface area contributed by atoms with Gasteiger partial charge in [-0.15, -0.1) is 0 Å².